The number of nitrogens with one attached hydrogen (secondary N) is 2. The van der Waals surface area contributed by atoms with Crippen molar-refractivity contribution in [3.8, 4) is 0 Å². The number of methoxy groups -OCH3 is 1. The van der Waals surface area contributed by atoms with Crippen molar-refractivity contribution in [2.75, 3.05) is 32.1 Å². The summed E-state index contributed by atoms with van der Waals surface area (Å²) in [5.74, 6) is -0.528. The number of carbonyl (C=O) groups is 2. The number of amides is 2. The van der Waals surface area contributed by atoms with Crippen molar-refractivity contribution in [3.63, 3.8) is 0 Å². The first-order valence-corrected chi connectivity index (χ1v) is 6.98. The number of primary amides is 1. The maximum absolute atomic E-state index is 12.6. The monoisotopic (exact) mass is 291 g/mol. The van der Waals surface area contributed by atoms with E-state index in [1.54, 1.807) is 31.4 Å². The van der Waals surface area contributed by atoms with E-state index in [1.165, 1.54) is 0 Å². The second-order valence-corrected chi connectivity index (χ2v) is 5.36. The van der Waals surface area contributed by atoms with Crippen molar-refractivity contribution in [3.05, 3.63) is 29.8 Å². The van der Waals surface area contributed by atoms with Gasteiger partial charge in [-0.15, -0.1) is 0 Å². The summed E-state index contributed by atoms with van der Waals surface area (Å²) in [5.41, 5.74) is 5.77. The standard InChI is InChI=1S/C15H21N3O3/c1-21-10-15(6-8-17-9-7-15)14(20)18-12-4-2-11(3-5-12)13(16)19/h2-5,17H,6-10H2,1H3,(H2,16,19)(H,18,20). The Hall–Kier alpha value is -1.92. The van der Waals surface area contributed by atoms with Crippen LogP contribution in [0.4, 0.5) is 5.69 Å². The molecule has 21 heavy (non-hydrogen) atoms. The molecule has 2 amide bonds. The summed E-state index contributed by atoms with van der Waals surface area (Å²) < 4.78 is 5.24. The van der Waals surface area contributed by atoms with Gasteiger partial charge in [0.25, 0.3) is 0 Å². The largest absolute Gasteiger partial charge is 0.384 e. The van der Waals surface area contributed by atoms with E-state index in [2.05, 4.69) is 10.6 Å². The van der Waals surface area contributed by atoms with Gasteiger partial charge in [0.05, 0.1) is 12.0 Å². The third-order valence-electron chi connectivity index (χ3n) is 3.89. The van der Waals surface area contributed by atoms with Gasteiger partial charge in [0.15, 0.2) is 0 Å². The highest BCUT2D eigenvalue weighted by molar-refractivity contribution is 5.97. The van der Waals surface area contributed by atoms with Gasteiger partial charge in [-0.05, 0) is 50.2 Å². The van der Waals surface area contributed by atoms with Crippen LogP contribution >= 0.6 is 0 Å². The molecule has 4 N–H and O–H groups in total. The van der Waals surface area contributed by atoms with Crippen LogP contribution in [0.3, 0.4) is 0 Å². The minimum Gasteiger partial charge on any atom is -0.384 e. The van der Waals surface area contributed by atoms with Gasteiger partial charge in [-0.1, -0.05) is 0 Å². The van der Waals surface area contributed by atoms with Gasteiger partial charge in [-0.3, -0.25) is 9.59 Å². The molecule has 1 aliphatic heterocycles. The zero-order valence-electron chi connectivity index (χ0n) is 12.1. The number of anilines is 1. The molecule has 0 bridgehead atoms. The summed E-state index contributed by atoms with van der Waals surface area (Å²) in [6, 6.07) is 6.56. The first-order chi connectivity index (χ1) is 10.1. The third-order valence-corrected chi connectivity index (χ3v) is 3.89. The molecular formula is C15H21N3O3. The Kier molecular flexibility index (Phi) is 4.93. The average molecular weight is 291 g/mol. The molecule has 1 aromatic rings. The molecule has 0 aliphatic carbocycles. The lowest BCUT2D eigenvalue weighted by molar-refractivity contribution is -0.130. The molecule has 0 unspecified atom stereocenters. The van der Waals surface area contributed by atoms with Crippen LogP contribution in [0.5, 0.6) is 0 Å². The first kappa shape index (κ1) is 15.5. The van der Waals surface area contributed by atoms with Crippen LogP contribution in [0.1, 0.15) is 23.2 Å². The van der Waals surface area contributed by atoms with Crippen LogP contribution < -0.4 is 16.4 Å². The molecule has 0 saturated carbocycles. The minimum atomic E-state index is -0.498. The van der Waals surface area contributed by atoms with Crippen molar-refractivity contribution in [2.24, 2.45) is 11.1 Å². The third kappa shape index (κ3) is 3.59. The zero-order chi connectivity index (χ0) is 15.3. The van der Waals surface area contributed by atoms with Gasteiger partial charge in [0.1, 0.15) is 0 Å². The number of ether oxygens (including phenoxy) is 1. The molecule has 114 valence electrons. The number of hydrogen-bond donors (Lipinski definition) is 3. The number of rotatable bonds is 5. The highest BCUT2D eigenvalue weighted by Crippen LogP contribution is 2.30. The second-order valence-electron chi connectivity index (χ2n) is 5.36. The second kappa shape index (κ2) is 6.69. The maximum atomic E-state index is 12.6. The SMILES string of the molecule is COCC1(C(=O)Nc2ccc(C(N)=O)cc2)CCNCC1. The average Bonchev–Trinajstić information content (AvgIpc) is 2.49. The van der Waals surface area contributed by atoms with Crippen LogP contribution in [0.15, 0.2) is 24.3 Å². The van der Waals surface area contributed by atoms with Crippen LogP contribution in [0, 0.1) is 5.41 Å². The number of hydrogen-bond acceptors (Lipinski definition) is 4. The van der Waals surface area contributed by atoms with Crippen molar-refractivity contribution in [2.45, 2.75) is 12.8 Å². The Bertz CT molecular complexity index is 502. The lowest BCUT2D eigenvalue weighted by atomic mass is 9.78. The zero-order valence-corrected chi connectivity index (χ0v) is 12.1. The fraction of sp³-hybridized carbons (Fsp3) is 0.467. The van der Waals surface area contributed by atoms with Crippen LogP contribution in [0.2, 0.25) is 0 Å². The topological polar surface area (TPSA) is 93.4 Å². The lowest BCUT2D eigenvalue weighted by Crippen LogP contribution is -2.47. The highest BCUT2D eigenvalue weighted by Gasteiger charge is 2.39. The van der Waals surface area contributed by atoms with E-state index < -0.39 is 11.3 Å². The fourth-order valence-electron chi connectivity index (χ4n) is 2.60. The predicted octanol–water partition coefficient (Wildman–Crippen LogP) is 0.740. The van der Waals surface area contributed by atoms with Gasteiger partial charge in [-0.25, -0.2) is 0 Å². The normalized spacial score (nSPS) is 17.2. The van der Waals surface area contributed by atoms with Gasteiger partial charge in [0.2, 0.25) is 11.8 Å². The smallest absolute Gasteiger partial charge is 0.248 e. The minimum absolute atomic E-state index is 0.0438. The molecule has 1 saturated heterocycles. The van der Waals surface area contributed by atoms with E-state index in [1.807, 2.05) is 0 Å². The molecule has 2 rings (SSSR count). The Morgan fingerprint density at radius 2 is 1.90 bits per heavy atom. The quantitative estimate of drug-likeness (QED) is 0.746. The molecule has 1 heterocycles. The van der Waals surface area contributed by atoms with Crippen molar-refractivity contribution in [1.82, 2.24) is 5.32 Å². The van der Waals surface area contributed by atoms with Gasteiger partial charge >= 0.3 is 0 Å². The van der Waals surface area contributed by atoms with Gasteiger partial charge < -0.3 is 21.1 Å². The summed E-state index contributed by atoms with van der Waals surface area (Å²) in [6.07, 6.45) is 1.48. The van der Waals surface area contributed by atoms with Crippen LogP contribution in [0.25, 0.3) is 0 Å². The van der Waals surface area contributed by atoms with Crippen LogP contribution in [-0.2, 0) is 9.53 Å². The summed E-state index contributed by atoms with van der Waals surface area (Å²) >= 11 is 0. The number of carbonyl (C=O) groups excluding carboxylic acids is 2. The van der Waals surface area contributed by atoms with E-state index in [0.717, 1.165) is 25.9 Å². The van der Waals surface area contributed by atoms with E-state index in [0.29, 0.717) is 17.9 Å². The van der Waals surface area contributed by atoms with Crippen molar-refractivity contribution in [1.29, 1.82) is 0 Å². The van der Waals surface area contributed by atoms with E-state index in [9.17, 15) is 9.59 Å². The van der Waals surface area contributed by atoms with E-state index in [4.69, 9.17) is 10.5 Å². The first-order valence-electron chi connectivity index (χ1n) is 6.98. The molecule has 0 atom stereocenters. The van der Waals surface area contributed by atoms with Crippen LogP contribution in [-0.4, -0.2) is 38.6 Å². The Balaban J connectivity index is 2.09. The van der Waals surface area contributed by atoms with Crippen molar-refractivity contribution >= 4 is 17.5 Å². The lowest BCUT2D eigenvalue weighted by Gasteiger charge is -2.35. The summed E-state index contributed by atoms with van der Waals surface area (Å²) in [6.45, 7) is 2.01. The van der Waals surface area contributed by atoms with Gasteiger partial charge in [-0.2, -0.15) is 0 Å². The predicted molar refractivity (Wildman–Crippen MR) is 80.0 cm³/mol. The van der Waals surface area contributed by atoms with Gasteiger partial charge in [0, 0.05) is 18.4 Å². The number of benzene rings is 1. The number of piperidine rings is 1. The molecule has 0 radical (unpaired) electrons. The number of nitrogens with two attached hydrogens (primary N) is 1. The summed E-state index contributed by atoms with van der Waals surface area (Å²) in [4.78, 5) is 23.6. The molecule has 1 fully saturated rings. The Labute approximate surface area is 124 Å². The molecule has 1 aromatic carbocycles. The molecular weight excluding hydrogens is 270 g/mol. The molecule has 0 aromatic heterocycles. The van der Waals surface area contributed by atoms with Crippen molar-refractivity contribution < 1.29 is 14.3 Å². The Morgan fingerprint density at radius 3 is 2.43 bits per heavy atom. The maximum Gasteiger partial charge on any atom is 0.248 e. The molecule has 6 heteroatoms. The van der Waals surface area contributed by atoms with E-state index >= 15 is 0 Å². The molecule has 6 nitrogen and oxygen atoms in total. The summed E-state index contributed by atoms with van der Waals surface area (Å²) in [7, 11) is 1.61. The summed E-state index contributed by atoms with van der Waals surface area (Å²) in [5, 5.41) is 6.15. The molecule has 0 spiro atoms. The fourth-order valence-corrected chi connectivity index (χ4v) is 2.60. The molecule has 1 aliphatic rings. The Morgan fingerprint density at radius 1 is 1.29 bits per heavy atom. The highest BCUT2D eigenvalue weighted by atomic mass is 16.5. The van der Waals surface area contributed by atoms with E-state index in [-0.39, 0.29) is 5.91 Å².